The van der Waals surface area contributed by atoms with Gasteiger partial charge in [-0.25, -0.2) is 13.1 Å². The number of anilines is 1. The van der Waals surface area contributed by atoms with Crippen LogP contribution < -0.4 is 9.62 Å². The lowest BCUT2D eigenvalue weighted by molar-refractivity contribution is 0.577. The second-order valence-electron chi connectivity index (χ2n) is 4.99. The summed E-state index contributed by atoms with van der Waals surface area (Å²) < 4.78 is 26.1. The minimum Gasteiger partial charge on any atom is -0.370 e. The van der Waals surface area contributed by atoms with Gasteiger partial charge in [0.05, 0.1) is 5.75 Å². The van der Waals surface area contributed by atoms with Gasteiger partial charge < -0.3 is 4.90 Å². The first kappa shape index (κ1) is 17.0. The summed E-state index contributed by atoms with van der Waals surface area (Å²) in [4.78, 5) is 2.18. The Kier molecular flexibility index (Phi) is 7.02. The molecule has 0 aromatic heterocycles. The molecule has 20 heavy (non-hydrogen) atoms. The summed E-state index contributed by atoms with van der Waals surface area (Å²) in [6.07, 6.45) is 1.61. The molecule has 1 N–H and O–H groups in total. The highest BCUT2D eigenvalue weighted by Crippen LogP contribution is 2.15. The third-order valence-corrected chi connectivity index (χ3v) is 4.69. The Morgan fingerprint density at radius 2 is 2.00 bits per heavy atom. The molecule has 0 spiro atoms. The van der Waals surface area contributed by atoms with E-state index in [1.165, 1.54) is 5.56 Å². The van der Waals surface area contributed by atoms with Gasteiger partial charge in [0.2, 0.25) is 10.0 Å². The van der Waals surface area contributed by atoms with Crippen LogP contribution in [0.25, 0.3) is 0 Å². The van der Waals surface area contributed by atoms with Crippen LogP contribution in [0.15, 0.2) is 24.3 Å². The van der Waals surface area contributed by atoms with Gasteiger partial charge in [-0.05, 0) is 38.0 Å². The Hall–Kier alpha value is -1.07. The molecule has 0 aliphatic rings. The van der Waals surface area contributed by atoms with Crippen LogP contribution in [0, 0.1) is 6.92 Å². The summed E-state index contributed by atoms with van der Waals surface area (Å²) in [5.41, 5.74) is 2.35. The van der Waals surface area contributed by atoms with Crippen LogP contribution >= 0.6 is 0 Å². The lowest BCUT2D eigenvalue weighted by Gasteiger charge is -2.23. The van der Waals surface area contributed by atoms with Gasteiger partial charge in [-0.3, -0.25) is 0 Å². The fraction of sp³-hybridized carbons (Fsp3) is 0.600. The maximum atomic E-state index is 11.7. The standard InChI is InChI=1S/C15H26N2O2S/c1-4-6-12-20(18,19)16-10-11-17(5-2)15-9-7-8-14(3)13-15/h7-9,13,16H,4-6,10-12H2,1-3H3. The van der Waals surface area contributed by atoms with E-state index in [9.17, 15) is 8.42 Å². The zero-order valence-corrected chi connectivity index (χ0v) is 13.5. The van der Waals surface area contributed by atoms with Crippen molar-refractivity contribution in [2.45, 2.75) is 33.6 Å². The number of sulfonamides is 1. The normalized spacial score (nSPS) is 11.6. The molecule has 0 saturated carbocycles. The number of hydrogen-bond donors (Lipinski definition) is 1. The van der Waals surface area contributed by atoms with Gasteiger partial charge >= 0.3 is 0 Å². The maximum Gasteiger partial charge on any atom is 0.211 e. The molecule has 114 valence electrons. The van der Waals surface area contributed by atoms with Crippen molar-refractivity contribution < 1.29 is 8.42 Å². The van der Waals surface area contributed by atoms with Crippen molar-refractivity contribution in [3.8, 4) is 0 Å². The quantitative estimate of drug-likeness (QED) is 0.762. The van der Waals surface area contributed by atoms with E-state index in [-0.39, 0.29) is 5.75 Å². The largest absolute Gasteiger partial charge is 0.370 e. The first-order valence-electron chi connectivity index (χ1n) is 7.27. The van der Waals surface area contributed by atoms with Crippen molar-refractivity contribution >= 4 is 15.7 Å². The van der Waals surface area contributed by atoms with Gasteiger partial charge in [-0.2, -0.15) is 0 Å². The van der Waals surface area contributed by atoms with E-state index < -0.39 is 10.0 Å². The molecule has 1 aromatic rings. The van der Waals surface area contributed by atoms with Crippen LogP contribution in [0.4, 0.5) is 5.69 Å². The average Bonchev–Trinajstić information content (AvgIpc) is 2.41. The summed E-state index contributed by atoms with van der Waals surface area (Å²) in [5.74, 6) is 0.222. The van der Waals surface area contributed by atoms with Crippen molar-refractivity contribution in [2.75, 3.05) is 30.3 Å². The number of aryl methyl sites for hydroxylation is 1. The van der Waals surface area contributed by atoms with E-state index in [2.05, 4.69) is 41.7 Å². The number of likely N-dealkylation sites (N-methyl/N-ethyl adjacent to an activating group) is 1. The van der Waals surface area contributed by atoms with Gasteiger partial charge in [-0.15, -0.1) is 0 Å². The number of benzene rings is 1. The van der Waals surface area contributed by atoms with Crippen LogP contribution in [0.3, 0.4) is 0 Å². The minimum absolute atomic E-state index is 0.222. The summed E-state index contributed by atoms with van der Waals surface area (Å²) in [7, 11) is -3.11. The molecule has 0 heterocycles. The van der Waals surface area contributed by atoms with Crippen molar-refractivity contribution in [2.24, 2.45) is 0 Å². The van der Waals surface area contributed by atoms with Crippen molar-refractivity contribution in [1.29, 1.82) is 0 Å². The summed E-state index contributed by atoms with van der Waals surface area (Å²) >= 11 is 0. The summed E-state index contributed by atoms with van der Waals surface area (Å²) in [6, 6.07) is 8.26. The molecular weight excluding hydrogens is 272 g/mol. The molecule has 0 bridgehead atoms. The van der Waals surface area contributed by atoms with Gasteiger partial charge in [0, 0.05) is 25.3 Å². The molecule has 0 radical (unpaired) electrons. The van der Waals surface area contributed by atoms with Gasteiger partial charge in [0.1, 0.15) is 0 Å². The average molecular weight is 298 g/mol. The maximum absolute atomic E-state index is 11.7. The Labute approximate surface area is 123 Å². The molecular formula is C15H26N2O2S. The molecule has 0 unspecified atom stereocenters. The molecule has 0 saturated heterocycles. The van der Waals surface area contributed by atoms with Gasteiger partial charge in [-0.1, -0.05) is 25.5 Å². The summed E-state index contributed by atoms with van der Waals surface area (Å²) in [6.45, 7) is 8.13. The lowest BCUT2D eigenvalue weighted by Crippen LogP contribution is -2.36. The highest BCUT2D eigenvalue weighted by atomic mass is 32.2. The minimum atomic E-state index is -3.11. The van der Waals surface area contributed by atoms with Crippen molar-refractivity contribution in [3.63, 3.8) is 0 Å². The second kappa shape index (κ2) is 8.27. The topological polar surface area (TPSA) is 49.4 Å². The highest BCUT2D eigenvalue weighted by molar-refractivity contribution is 7.89. The number of hydrogen-bond acceptors (Lipinski definition) is 3. The molecule has 4 nitrogen and oxygen atoms in total. The molecule has 0 amide bonds. The lowest BCUT2D eigenvalue weighted by atomic mass is 10.2. The van der Waals surface area contributed by atoms with Crippen LogP contribution in [0.5, 0.6) is 0 Å². The van der Waals surface area contributed by atoms with E-state index in [1.807, 2.05) is 13.0 Å². The van der Waals surface area contributed by atoms with Crippen molar-refractivity contribution in [1.82, 2.24) is 4.72 Å². The fourth-order valence-electron chi connectivity index (χ4n) is 2.04. The zero-order chi connectivity index (χ0) is 15.0. The van der Waals surface area contributed by atoms with Crippen molar-refractivity contribution in [3.05, 3.63) is 29.8 Å². The highest BCUT2D eigenvalue weighted by Gasteiger charge is 2.10. The Morgan fingerprint density at radius 3 is 2.60 bits per heavy atom. The number of nitrogens with one attached hydrogen (secondary N) is 1. The molecule has 0 aliphatic carbocycles. The smallest absolute Gasteiger partial charge is 0.211 e. The predicted molar refractivity (Wildman–Crippen MR) is 85.8 cm³/mol. The van der Waals surface area contributed by atoms with Gasteiger partial charge in [0.15, 0.2) is 0 Å². The fourth-order valence-corrected chi connectivity index (χ4v) is 3.25. The molecule has 1 aromatic carbocycles. The Bertz CT molecular complexity index is 500. The molecule has 0 aliphatic heterocycles. The van der Waals surface area contributed by atoms with Crippen LogP contribution in [0.1, 0.15) is 32.3 Å². The molecule has 0 atom stereocenters. The monoisotopic (exact) mass is 298 g/mol. The second-order valence-corrected chi connectivity index (χ2v) is 6.91. The van der Waals surface area contributed by atoms with E-state index in [0.717, 1.165) is 18.7 Å². The van der Waals surface area contributed by atoms with E-state index in [4.69, 9.17) is 0 Å². The molecule has 0 fully saturated rings. The van der Waals surface area contributed by atoms with Crippen LogP contribution in [-0.4, -0.2) is 33.8 Å². The third-order valence-electron chi connectivity index (χ3n) is 3.22. The summed E-state index contributed by atoms with van der Waals surface area (Å²) in [5, 5.41) is 0. The Morgan fingerprint density at radius 1 is 1.25 bits per heavy atom. The molecule has 1 rings (SSSR count). The first-order valence-corrected chi connectivity index (χ1v) is 8.92. The van der Waals surface area contributed by atoms with Crippen LogP contribution in [-0.2, 0) is 10.0 Å². The van der Waals surface area contributed by atoms with Crippen LogP contribution in [0.2, 0.25) is 0 Å². The number of unbranched alkanes of at least 4 members (excludes halogenated alkanes) is 1. The SMILES string of the molecule is CCCCS(=O)(=O)NCCN(CC)c1cccc(C)c1. The molecule has 5 heteroatoms. The predicted octanol–water partition coefficient (Wildman–Crippen LogP) is 2.54. The number of nitrogens with zero attached hydrogens (tertiary/aromatic N) is 1. The van der Waals surface area contributed by atoms with E-state index in [1.54, 1.807) is 0 Å². The van der Waals surface area contributed by atoms with Gasteiger partial charge in [0.25, 0.3) is 0 Å². The zero-order valence-electron chi connectivity index (χ0n) is 12.7. The third kappa shape index (κ3) is 5.92. The first-order chi connectivity index (χ1) is 9.48. The Balaban J connectivity index is 2.50. The van der Waals surface area contributed by atoms with E-state index in [0.29, 0.717) is 19.5 Å². The van der Waals surface area contributed by atoms with E-state index >= 15 is 0 Å². The number of rotatable bonds is 9.